The van der Waals surface area contributed by atoms with Gasteiger partial charge in [0, 0.05) is 18.8 Å². The van der Waals surface area contributed by atoms with E-state index in [0.29, 0.717) is 18.8 Å². The van der Waals surface area contributed by atoms with E-state index in [1.54, 1.807) is 0 Å². The summed E-state index contributed by atoms with van der Waals surface area (Å²) in [5, 5.41) is 2.51. The second-order valence-corrected chi connectivity index (χ2v) is 9.30. The lowest BCUT2D eigenvalue weighted by atomic mass is 10.2. The van der Waals surface area contributed by atoms with Gasteiger partial charge >= 0.3 is 12.6 Å². The van der Waals surface area contributed by atoms with Gasteiger partial charge in [-0.15, -0.1) is 0 Å². The highest BCUT2D eigenvalue weighted by atomic mass is 32.2. The number of esters is 1. The first-order chi connectivity index (χ1) is 16.2. The van der Waals surface area contributed by atoms with Crippen LogP contribution in [0.1, 0.15) is 29.6 Å². The second kappa shape index (κ2) is 11.3. The summed E-state index contributed by atoms with van der Waals surface area (Å²) in [6, 6.07) is 9.18. The number of carbonyl (C=O) groups is 2. The Bertz CT molecular complexity index is 1120. The molecule has 0 spiro atoms. The molecule has 0 aliphatic carbocycles. The average molecular weight is 499 g/mol. The van der Waals surface area contributed by atoms with Gasteiger partial charge in [0.15, 0.2) is 18.1 Å². The van der Waals surface area contributed by atoms with Gasteiger partial charge in [0.1, 0.15) is 0 Å². The van der Waals surface area contributed by atoms with Crippen LogP contribution < -0.4 is 14.8 Å². The zero-order valence-corrected chi connectivity index (χ0v) is 19.1. The summed E-state index contributed by atoms with van der Waals surface area (Å²) in [7, 11) is -2.36. The smallest absolute Gasteiger partial charge is 0.387 e. The number of anilines is 1. The molecule has 0 atom stereocenters. The van der Waals surface area contributed by atoms with E-state index >= 15 is 0 Å². The van der Waals surface area contributed by atoms with Crippen LogP contribution in [0, 0.1) is 0 Å². The molecule has 0 bridgehead atoms. The van der Waals surface area contributed by atoms with Crippen LogP contribution in [0.25, 0.3) is 0 Å². The van der Waals surface area contributed by atoms with E-state index in [1.165, 1.54) is 41.7 Å². The molecule has 184 valence electrons. The van der Waals surface area contributed by atoms with Crippen LogP contribution in [0.3, 0.4) is 0 Å². The predicted molar refractivity (Wildman–Crippen MR) is 118 cm³/mol. The van der Waals surface area contributed by atoms with Crippen LogP contribution in [0.2, 0.25) is 0 Å². The van der Waals surface area contributed by atoms with E-state index in [9.17, 15) is 26.8 Å². The van der Waals surface area contributed by atoms with Gasteiger partial charge in [-0.1, -0.05) is 6.42 Å². The number of hydrogen-bond acceptors (Lipinski definition) is 7. The summed E-state index contributed by atoms with van der Waals surface area (Å²) in [5.74, 6) is -1.87. The Kier molecular flexibility index (Phi) is 8.40. The molecule has 0 unspecified atom stereocenters. The lowest BCUT2D eigenvalue weighted by molar-refractivity contribution is -0.119. The van der Waals surface area contributed by atoms with Crippen LogP contribution in [-0.2, 0) is 19.6 Å². The Morgan fingerprint density at radius 1 is 1.03 bits per heavy atom. The van der Waals surface area contributed by atoms with Crippen molar-refractivity contribution < 1.29 is 41.0 Å². The number of alkyl halides is 2. The first-order valence-corrected chi connectivity index (χ1v) is 11.8. The number of benzene rings is 2. The van der Waals surface area contributed by atoms with Crippen molar-refractivity contribution in [1.82, 2.24) is 4.31 Å². The molecule has 1 aliphatic rings. The van der Waals surface area contributed by atoms with Gasteiger partial charge in [-0.05, 0) is 55.3 Å². The molecular formula is C22H24F2N2O7S. The molecular weight excluding hydrogens is 474 g/mol. The summed E-state index contributed by atoms with van der Waals surface area (Å²) >= 11 is 0. The first kappa shape index (κ1) is 25.4. The molecule has 12 heteroatoms. The molecule has 1 saturated heterocycles. The van der Waals surface area contributed by atoms with E-state index in [4.69, 9.17) is 9.47 Å². The number of amides is 1. The molecule has 2 aromatic rings. The summed E-state index contributed by atoms with van der Waals surface area (Å²) in [5.41, 5.74) is 0.298. The monoisotopic (exact) mass is 498 g/mol. The Morgan fingerprint density at radius 2 is 1.71 bits per heavy atom. The third-order valence-electron chi connectivity index (χ3n) is 5.04. The molecule has 0 saturated carbocycles. The first-order valence-electron chi connectivity index (χ1n) is 10.4. The number of nitrogens with one attached hydrogen (secondary N) is 1. The fourth-order valence-electron chi connectivity index (χ4n) is 3.36. The maximum absolute atomic E-state index is 12.7. The van der Waals surface area contributed by atoms with E-state index in [1.807, 2.05) is 0 Å². The highest BCUT2D eigenvalue weighted by molar-refractivity contribution is 7.89. The Labute approximate surface area is 195 Å². The van der Waals surface area contributed by atoms with Crippen molar-refractivity contribution in [3.8, 4) is 11.5 Å². The second-order valence-electron chi connectivity index (χ2n) is 7.36. The molecule has 3 rings (SSSR count). The molecule has 2 aromatic carbocycles. The Balaban J connectivity index is 1.55. The number of carbonyl (C=O) groups excluding carboxylic acids is 2. The van der Waals surface area contributed by atoms with Crippen molar-refractivity contribution in [2.75, 3.05) is 32.1 Å². The van der Waals surface area contributed by atoms with Gasteiger partial charge in [-0.2, -0.15) is 13.1 Å². The third-order valence-corrected chi connectivity index (χ3v) is 6.95. The number of hydrogen-bond donors (Lipinski definition) is 1. The lowest BCUT2D eigenvalue weighted by Gasteiger charge is -2.25. The molecule has 1 heterocycles. The van der Waals surface area contributed by atoms with Crippen molar-refractivity contribution in [3.63, 3.8) is 0 Å². The summed E-state index contributed by atoms with van der Waals surface area (Å²) in [6.07, 6.45) is 2.66. The number of piperidine rings is 1. The van der Waals surface area contributed by atoms with Crippen LogP contribution in [0.4, 0.5) is 14.5 Å². The van der Waals surface area contributed by atoms with Gasteiger partial charge in [0.25, 0.3) is 5.91 Å². The molecule has 1 aliphatic heterocycles. The van der Waals surface area contributed by atoms with Crippen LogP contribution in [0.5, 0.6) is 11.5 Å². The Morgan fingerprint density at radius 3 is 2.32 bits per heavy atom. The number of sulfonamides is 1. The van der Waals surface area contributed by atoms with E-state index < -0.39 is 35.1 Å². The molecule has 1 N–H and O–H groups in total. The van der Waals surface area contributed by atoms with Crippen LogP contribution in [-0.4, -0.2) is 58.0 Å². The molecule has 34 heavy (non-hydrogen) atoms. The average Bonchev–Trinajstić information content (AvgIpc) is 2.83. The minimum atomic E-state index is -3.58. The van der Waals surface area contributed by atoms with Crippen molar-refractivity contribution in [2.45, 2.75) is 30.8 Å². The fourth-order valence-corrected chi connectivity index (χ4v) is 4.88. The molecule has 0 radical (unpaired) electrons. The highest BCUT2D eigenvalue weighted by Gasteiger charge is 2.25. The van der Waals surface area contributed by atoms with Crippen molar-refractivity contribution in [1.29, 1.82) is 0 Å². The van der Waals surface area contributed by atoms with Crippen molar-refractivity contribution >= 4 is 27.6 Å². The number of rotatable bonds is 9. The SMILES string of the molecule is COc1cc(C(=O)OCC(=O)Nc2ccc(S(=O)(=O)N3CCCCC3)cc2)ccc1OC(F)F. The minimum Gasteiger partial charge on any atom is -0.493 e. The quantitative estimate of drug-likeness (QED) is 0.528. The fraction of sp³-hybridized carbons (Fsp3) is 0.364. The highest BCUT2D eigenvalue weighted by Crippen LogP contribution is 2.29. The van der Waals surface area contributed by atoms with E-state index in [0.717, 1.165) is 31.4 Å². The van der Waals surface area contributed by atoms with E-state index in [-0.39, 0.29) is 22.0 Å². The predicted octanol–water partition coefficient (Wildman–Crippen LogP) is 3.27. The van der Waals surface area contributed by atoms with Crippen molar-refractivity contribution in [3.05, 3.63) is 48.0 Å². The number of methoxy groups -OCH3 is 1. The zero-order valence-electron chi connectivity index (χ0n) is 18.3. The summed E-state index contributed by atoms with van der Waals surface area (Å²) < 4.78 is 65.8. The topological polar surface area (TPSA) is 111 Å². The van der Waals surface area contributed by atoms with E-state index in [2.05, 4.69) is 10.1 Å². The third kappa shape index (κ3) is 6.41. The molecule has 9 nitrogen and oxygen atoms in total. The largest absolute Gasteiger partial charge is 0.493 e. The van der Waals surface area contributed by atoms with Gasteiger partial charge in [-0.3, -0.25) is 4.79 Å². The standard InChI is InChI=1S/C22H24F2N2O7S/c1-31-19-13-15(5-10-18(19)33-22(23)24)21(28)32-14-20(27)25-16-6-8-17(9-7-16)34(29,30)26-11-3-2-4-12-26/h5-10,13,22H,2-4,11-12,14H2,1H3,(H,25,27). The van der Waals surface area contributed by atoms with Gasteiger partial charge in [-0.25, -0.2) is 13.2 Å². The maximum atomic E-state index is 12.7. The molecule has 0 aromatic heterocycles. The summed E-state index contributed by atoms with van der Waals surface area (Å²) in [6.45, 7) is -2.71. The van der Waals surface area contributed by atoms with Gasteiger partial charge in [0.05, 0.1) is 17.6 Å². The number of ether oxygens (including phenoxy) is 3. The van der Waals surface area contributed by atoms with Crippen LogP contribution in [0.15, 0.2) is 47.4 Å². The lowest BCUT2D eigenvalue weighted by Crippen LogP contribution is -2.35. The van der Waals surface area contributed by atoms with Crippen LogP contribution >= 0.6 is 0 Å². The maximum Gasteiger partial charge on any atom is 0.387 e. The molecule has 1 fully saturated rings. The normalized spacial score (nSPS) is 14.5. The zero-order chi connectivity index (χ0) is 24.7. The Hall–Kier alpha value is -3.25. The minimum absolute atomic E-state index is 0.0291. The van der Waals surface area contributed by atoms with Crippen molar-refractivity contribution in [2.24, 2.45) is 0 Å². The van der Waals surface area contributed by atoms with Gasteiger partial charge < -0.3 is 19.5 Å². The number of nitrogens with zero attached hydrogens (tertiary/aromatic N) is 1. The van der Waals surface area contributed by atoms with Gasteiger partial charge in [0.2, 0.25) is 10.0 Å². The molecule has 1 amide bonds. The number of halogens is 2. The summed E-state index contributed by atoms with van der Waals surface area (Å²) in [4.78, 5) is 24.5.